The van der Waals surface area contributed by atoms with Gasteiger partial charge in [0.15, 0.2) is 0 Å². The number of rotatable bonds is 5. The minimum absolute atomic E-state index is 0.0888. The molecule has 1 aromatic carbocycles. The lowest BCUT2D eigenvalue weighted by atomic mass is 10.3. The van der Waals surface area contributed by atoms with Gasteiger partial charge in [-0.05, 0) is 19.1 Å². The van der Waals surface area contributed by atoms with Gasteiger partial charge in [-0.25, -0.2) is 4.68 Å². The molecule has 3 N–H and O–H groups in total. The molecule has 10 nitrogen and oxygen atoms in total. The lowest BCUT2D eigenvalue weighted by molar-refractivity contribution is -0.113. The third-order valence-corrected chi connectivity index (χ3v) is 4.85. The number of nitrogen functional groups attached to an aromatic ring is 1. The van der Waals surface area contributed by atoms with E-state index in [2.05, 4.69) is 15.5 Å². The summed E-state index contributed by atoms with van der Waals surface area (Å²) in [6, 6.07) is 9.11. The summed E-state index contributed by atoms with van der Waals surface area (Å²) in [4.78, 5) is 36.4. The first-order chi connectivity index (χ1) is 12.9. The smallest absolute Gasteiger partial charge is 0.295 e. The van der Waals surface area contributed by atoms with Gasteiger partial charge in [-0.1, -0.05) is 30.0 Å². The topological polar surface area (TPSA) is 130 Å². The summed E-state index contributed by atoms with van der Waals surface area (Å²) in [6.45, 7) is 1.74. The number of nitrogens with two attached hydrogens (primary N) is 1. The van der Waals surface area contributed by atoms with E-state index >= 15 is 0 Å². The molecule has 0 unspecified atom stereocenters. The Morgan fingerprint density at radius 2 is 1.96 bits per heavy atom. The third-order valence-electron chi connectivity index (χ3n) is 3.91. The third kappa shape index (κ3) is 3.62. The largest absolute Gasteiger partial charge is 0.334 e. The van der Waals surface area contributed by atoms with Gasteiger partial charge in [0.1, 0.15) is 11.9 Å². The van der Waals surface area contributed by atoms with Crippen molar-refractivity contribution >= 4 is 23.4 Å². The molecular formula is C16H17N7O3S. The second-order valence-corrected chi connectivity index (χ2v) is 6.55. The molecule has 0 radical (unpaired) electrons. The van der Waals surface area contributed by atoms with Crippen molar-refractivity contribution in [1.29, 1.82) is 0 Å². The molecule has 3 rings (SSSR count). The van der Waals surface area contributed by atoms with Crippen molar-refractivity contribution in [3.63, 3.8) is 0 Å². The standard InChI is InChI=1S/C16H17N7O3S/c1-10-14(15(26)23(21(10)2)11-6-4-3-5-7-11)19-12(24)9-27-16-20-18-8-13(25)22(16)17/h3-8H,9,17H2,1-2H3,(H,19,24). The number of anilines is 1. The first-order valence-corrected chi connectivity index (χ1v) is 8.85. The summed E-state index contributed by atoms with van der Waals surface area (Å²) in [5, 5.41) is 9.95. The maximum atomic E-state index is 12.8. The summed E-state index contributed by atoms with van der Waals surface area (Å²) in [5.74, 6) is 5.03. The van der Waals surface area contributed by atoms with Gasteiger partial charge in [0.05, 0.1) is 17.1 Å². The second kappa shape index (κ2) is 7.50. The maximum Gasteiger partial charge on any atom is 0.295 e. The average molecular weight is 387 g/mol. The van der Waals surface area contributed by atoms with Crippen LogP contribution in [0.4, 0.5) is 5.69 Å². The lowest BCUT2D eigenvalue weighted by Crippen LogP contribution is -2.30. The van der Waals surface area contributed by atoms with E-state index in [9.17, 15) is 14.4 Å². The number of carbonyl (C=O) groups excluding carboxylic acids is 1. The molecule has 1 amide bonds. The fraction of sp³-hybridized carbons (Fsp3) is 0.188. The molecule has 0 aliphatic carbocycles. The van der Waals surface area contributed by atoms with E-state index in [-0.39, 0.29) is 22.2 Å². The van der Waals surface area contributed by atoms with E-state index in [0.717, 1.165) is 22.6 Å². The zero-order valence-electron chi connectivity index (χ0n) is 14.6. The summed E-state index contributed by atoms with van der Waals surface area (Å²) >= 11 is 0.944. The minimum atomic E-state index is -0.530. The number of aromatic nitrogens is 5. The molecule has 0 aliphatic rings. The number of amides is 1. The summed E-state index contributed by atoms with van der Waals surface area (Å²) in [7, 11) is 1.74. The highest BCUT2D eigenvalue weighted by atomic mass is 32.2. The number of hydrogen-bond donors (Lipinski definition) is 2. The van der Waals surface area contributed by atoms with Gasteiger partial charge in [0.2, 0.25) is 11.1 Å². The molecule has 0 saturated heterocycles. The summed E-state index contributed by atoms with van der Waals surface area (Å²) in [5.41, 5.74) is 0.621. The fourth-order valence-corrected chi connectivity index (χ4v) is 3.11. The van der Waals surface area contributed by atoms with Crippen molar-refractivity contribution in [2.45, 2.75) is 12.1 Å². The molecule has 11 heteroatoms. The molecule has 0 spiro atoms. The summed E-state index contributed by atoms with van der Waals surface area (Å²) in [6.07, 6.45) is 0.976. The van der Waals surface area contributed by atoms with Gasteiger partial charge in [-0.3, -0.25) is 19.1 Å². The Labute approximate surface area is 157 Å². The van der Waals surface area contributed by atoms with Gasteiger partial charge in [-0.2, -0.15) is 9.77 Å². The fourth-order valence-electron chi connectivity index (χ4n) is 2.45. The predicted molar refractivity (Wildman–Crippen MR) is 102 cm³/mol. The number of nitrogens with one attached hydrogen (secondary N) is 1. The number of hydrogen-bond acceptors (Lipinski definition) is 7. The number of nitrogens with zero attached hydrogens (tertiary/aromatic N) is 5. The molecule has 27 heavy (non-hydrogen) atoms. The van der Waals surface area contributed by atoms with Crippen LogP contribution in [0.2, 0.25) is 0 Å². The molecule has 0 atom stereocenters. The van der Waals surface area contributed by atoms with Gasteiger partial charge in [0, 0.05) is 7.05 Å². The highest BCUT2D eigenvalue weighted by molar-refractivity contribution is 7.99. The Morgan fingerprint density at radius 1 is 1.26 bits per heavy atom. The Kier molecular flexibility index (Phi) is 5.12. The van der Waals surface area contributed by atoms with Gasteiger partial charge < -0.3 is 11.2 Å². The summed E-state index contributed by atoms with van der Waals surface area (Å²) < 4.78 is 3.94. The van der Waals surface area contributed by atoms with Crippen molar-refractivity contribution in [1.82, 2.24) is 24.2 Å². The van der Waals surface area contributed by atoms with Crippen LogP contribution in [0.25, 0.3) is 5.69 Å². The number of thioether (sulfide) groups is 1. The lowest BCUT2D eigenvalue weighted by Gasteiger charge is -2.07. The van der Waals surface area contributed by atoms with E-state index in [1.54, 1.807) is 30.8 Å². The number of para-hydroxylation sites is 1. The Hall–Kier alpha value is -3.34. The number of carbonyl (C=O) groups is 1. The van der Waals surface area contributed by atoms with E-state index < -0.39 is 11.5 Å². The molecule has 0 bridgehead atoms. The molecule has 2 heterocycles. The number of benzene rings is 1. The average Bonchev–Trinajstić information content (AvgIpc) is 2.87. The highest BCUT2D eigenvalue weighted by Gasteiger charge is 2.18. The molecule has 0 fully saturated rings. The minimum Gasteiger partial charge on any atom is -0.334 e. The Bertz CT molecular complexity index is 1100. The van der Waals surface area contributed by atoms with Crippen LogP contribution in [0.1, 0.15) is 5.69 Å². The first-order valence-electron chi connectivity index (χ1n) is 7.86. The predicted octanol–water partition coefficient (Wildman–Crippen LogP) is -0.119. The van der Waals surface area contributed by atoms with Crippen molar-refractivity contribution in [3.05, 3.63) is 62.9 Å². The van der Waals surface area contributed by atoms with Crippen LogP contribution in [0.15, 0.2) is 51.3 Å². The molecular weight excluding hydrogens is 370 g/mol. The zero-order chi connectivity index (χ0) is 19.6. The molecule has 0 aliphatic heterocycles. The first kappa shape index (κ1) is 18.5. The van der Waals surface area contributed by atoms with Crippen molar-refractivity contribution in [2.75, 3.05) is 16.9 Å². The van der Waals surface area contributed by atoms with E-state index in [1.165, 1.54) is 4.68 Å². The zero-order valence-corrected chi connectivity index (χ0v) is 15.4. The van der Waals surface area contributed by atoms with Crippen molar-refractivity contribution in [3.8, 4) is 5.69 Å². The Balaban J connectivity index is 1.80. The molecule has 3 aromatic rings. The van der Waals surface area contributed by atoms with E-state index in [4.69, 9.17) is 5.84 Å². The Morgan fingerprint density at radius 3 is 2.67 bits per heavy atom. The highest BCUT2D eigenvalue weighted by Crippen LogP contribution is 2.15. The van der Waals surface area contributed by atoms with Crippen LogP contribution in [0.3, 0.4) is 0 Å². The maximum absolute atomic E-state index is 12.8. The molecule has 140 valence electrons. The second-order valence-electron chi connectivity index (χ2n) is 5.61. The van der Waals surface area contributed by atoms with Crippen LogP contribution in [0, 0.1) is 6.92 Å². The van der Waals surface area contributed by atoms with Crippen LogP contribution < -0.4 is 22.3 Å². The van der Waals surface area contributed by atoms with Crippen molar-refractivity contribution < 1.29 is 4.79 Å². The molecule has 2 aromatic heterocycles. The van der Waals surface area contributed by atoms with E-state index in [0.29, 0.717) is 11.4 Å². The molecule has 0 saturated carbocycles. The van der Waals surface area contributed by atoms with Crippen LogP contribution in [-0.2, 0) is 11.8 Å². The van der Waals surface area contributed by atoms with Crippen molar-refractivity contribution in [2.24, 2.45) is 7.05 Å². The van der Waals surface area contributed by atoms with Crippen LogP contribution >= 0.6 is 11.8 Å². The normalized spacial score (nSPS) is 10.7. The van der Waals surface area contributed by atoms with Gasteiger partial charge >= 0.3 is 0 Å². The van der Waals surface area contributed by atoms with Gasteiger partial charge in [0.25, 0.3) is 11.1 Å². The van der Waals surface area contributed by atoms with E-state index in [1.807, 2.05) is 18.2 Å². The SMILES string of the molecule is Cc1c(NC(=O)CSc2nncc(=O)n2N)c(=O)n(-c2ccccc2)n1C. The van der Waals surface area contributed by atoms with Gasteiger partial charge in [-0.15, -0.1) is 5.10 Å². The quantitative estimate of drug-likeness (QED) is 0.461. The monoisotopic (exact) mass is 387 g/mol. The van der Waals surface area contributed by atoms with Crippen LogP contribution in [-0.4, -0.2) is 35.9 Å². The van der Waals surface area contributed by atoms with Crippen LogP contribution in [0.5, 0.6) is 0 Å².